The van der Waals surface area contributed by atoms with Crippen LogP contribution in [0.15, 0.2) is 71.4 Å². The molecule has 5 nitrogen and oxygen atoms in total. The normalized spacial score (nSPS) is 14.2. The van der Waals surface area contributed by atoms with Crippen molar-refractivity contribution in [2.75, 3.05) is 6.61 Å². The molecule has 0 aliphatic carbocycles. The average Bonchev–Trinajstić information content (AvgIpc) is 3.14. The van der Waals surface area contributed by atoms with Crippen molar-refractivity contribution in [3.8, 4) is 11.5 Å². The molecule has 0 atom stereocenters. The quantitative estimate of drug-likeness (QED) is 0.280. The molecule has 0 amide bonds. The number of benzene rings is 3. The molecule has 0 bridgehead atoms. The molecule has 0 N–H and O–H groups in total. The zero-order valence-electron chi connectivity index (χ0n) is 18.1. The SMILES string of the molecule is CCOc1cc(/C=C2\N=C(c3ccc(C)cc3)OC2=O)cc(Cl)c1OCc1cccc(Cl)c1. The van der Waals surface area contributed by atoms with Crippen LogP contribution in [0.1, 0.15) is 29.2 Å². The largest absolute Gasteiger partial charge is 0.490 e. The number of rotatable bonds is 7. The Morgan fingerprint density at radius 3 is 2.55 bits per heavy atom. The highest BCUT2D eigenvalue weighted by atomic mass is 35.5. The smallest absolute Gasteiger partial charge is 0.363 e. The third-order valence-corrected chi connectivity index (χ3v) is 5.34. The van der Waals surface area contributed by atoms with E-state index < -0.39 is 5.97 Å². The summed E-state index contributed by atoms with van der Waals surface area (Å²) in [6.45, 7) is 4.55. The summed E-state index contributed by atoms with van der Waals surface area (Å²) < 4.78 is 17.0. The van der Waals surface area contributed by atoms with E-state index in [0.29, 0.717) is 33.7 Å². The maximum absolute atomic E-state index is 12.4. The zero-order valence-corrected chi connectivity index (χ0v) is 19.6. The molecular weight excluding hydrogens is 461 g/mol. The van der Waals surface area contributed by atoms with Crippen molar-refractivity contribution in [2.45, 2.75) is 20.5 Å². The molecule has 33 heavy (non-hydrogen) atoms. The molecule has 3 aromatic rings. The Bertz CT molecular complexity index is 1250. The summed E-state index contributed by atoms with van der Waals surface area (Å²) in [7, 11) is 0. The van der Waals surface area contributed by atoms with Crippen LogP contribution in [0.5, 0.6) is 11.5 Å². The fraction of sp³-hybridized carbons (Fsp3) is 0.154. The predicted octanol–water partition coefficient (Wildman–Crippen LogP) is 6.62. The highest BCUT2D eigenvalue weighted by molar-refractivity contribution is 6.32. The predicted molar refractivity (Wildman–Crippen MR) is 130 cm³/mol. The highest BCUT2D eigenvalue weighted by Crippen LogP contribution is 2.38. The van der Waals surface area contributed by atoms with Gasteiger partial charge in [0.05, 0.1) is 11.6 Å². The van der Waals surface area contributed by atoms with E-state index in [9.17, 15) is 4.79 Å². The molecule has 3 aromatic carbocycles. The highest BCUT2D eigenvalue weighted by Gasteiger charge is 2.24. The second-order valence-corrected chi connectivity index (χ2v) is 8.23. The van der Waals surface area contributed by atoms with Gasteiger partial charge >= 0.3 is 5.97 Å². The van der Waals surface area contributed by atoms with Gasteiger partial charge in [-0.05, 0) is 67.4 Å². The van der Waals surface area contributed by atoms with Gasteiger partial charge in [-0.25, -0.2) is 9.79 Å². The molecule has 0 fully saturated rings. The summed E-state index contributed by atoms with van der Waals surface area (Å²) in [5.41, 5.74) is 3.56. The van der Waals surface area contributed by atoms with Gasteiger partial charge in [-0.2, -0.15) is 0 Å². The van der Waals surface area contributed by atoms with E-state index in [1.807, 2.05) is 56.3 Å². The van der Waals surface area contributed by atoms with E-state index in [-0.39, 0.29) is 18.2 Å². The van der Waals surface area contributed by atoms with Gasteiger partial charge in [-0.1, -0.05) is 53.0 Å². The Balaban J connectivity index is 1.61. The lowest BCUT2D eigenvalue weighted by Crippen LogP contribution is -2.05. The number of halogens is 2. The topological polar surface area (TPSA) is 57.1 Å². The van der Waals surface area contributed by atoms with E-state index >= 15 is 0 Å². The first-order valence-corrected chi connectivity index (χ1v) is 11.1. The van der Waals surface area contributed by atoms with Crippen molar-refractivity contribution in [1.82, 2.24) is 0 Å². The van der Waals surface area contributed by atoms with E-state index in [4.69, 9.17) is 37.4 Å². The molecular formula is C26H21Cl2NO4. The summed E-state index contributed by atoms with van der Waals surface area (Å²) in [5, 5.41) is 0.979. The number of carbonyl (C=O) groups is 1. The van der Waals surface area contributed by atoms with Crippen LogP contribution in [0.25, 0.3) is 6.08 Å². The number of esters is 1. The summed E-state index contributed by atoms with van der Waals surface area (Å²) in [6.07, 6.45) is 1.61. The Morgan fingerprint density at radius 1 is 1.03 bits per heavy atom. The van der Waals surface area contributed by atoms with Crippen molar-refractivity contribution in [1.29, 1.82) is 0 Å². The molecule has 7 heteroatoms. The van der Waals surface area contributed by atoms with Crippen molar-refractivity contribution >= 4 is 41.1 Å². The van der Waals surface area contributed by atoms with E-state index in [1.54, 1.807) is 24.3 Å². The monoisotopic (exact) mass is 481 g/mol. The van der Waals surface area contributed by atoms with Crippen LogP contribution in [0.4, 0.5) is 0 Å². The van der Waals surface area contributed by atoms with Gasteiger partial charge in [0, 0.05) is 10.6 Å². The number of ether oxygens (including phenoxy) is 3. The first-order chi connectivity index (χ1) is 15.9. The third kappa shape index (κ3) is 5.56. The van der Waals surface area contributed by atoms with E-state index in [2.05, 4.69) is 4.99 Å². The van der Waals surface area contributed by atoms with Crippen molar-refractivity contribution in [2.24, 2.45) is 4.99 Å². The van der Waals surface area contributed by atoms with Gasteiger partial charge in [-0.15, -0.1) is 0 Å². The number of hydrogen-bond donors (Lipinski definition) is 0. The van der Waals surface area contributed by atoms with Gasteiger partial charge in [0.15, 0.2) is 17.2 Å². The molecule has 168 valence electrons. The summed E-state index contributed by atoms with van der Waals surface area (Å²) >= 11 is 12.6. The van der Waals surface area contributed by atoms with Crippen LogP contribution in [0.3, 0.4) is 0 Å². The fourth-order valence-electron chi connectivity index (χ4n) is 3.24. The first kappa shape index (κ1) is 22.9. The Kier molecular flexibility index (Phi) is 7.02. The first-order valence-electron chi connectivity index (χ1n) is 10.4. The standard InChI is InChI=1S/C26H21Cl2NO4/c1-3-31-23-14-18(12-21(28)24(23)32-15-17-5-4-6-20(27)11-17)13-22-26(30)33-25(29-22)19-9-7-16(2)8-10-19/h4-14H,3,15H2,1-2H3/b22-13-. The Hall–Kier alpha value is -3.28. The lowest BCUT2D eigenvalue weighted by Gasteiger charge is -2.14. The third-order valence-electron chi connectivity index (χ3n) is 4.83. The molecule has 1 aliphatic rings. The van der Waals surface area contributed by atoms with E-state index in [0.717, 1.165) is 16.7 Å². The van der Waals surface area contributed by atoms with Crippen molar-refractivity contribution in [3.63, 3.8) is 0 Å². The zero-order chi connectivity index (χ0) is 23.4. The van der Waals surface area contributed by atoms with Gasteiger partial charge in [0.25, 0.3) is 0 Å². The maximum Gasteiger partial charge on any atom is 0.363 e. The van der Waals surface area contributed by atoms with Crippen molar-refractivity contribution in [3.05, 3.63) is 98.7 Å². The van der Waals surface area contributed by atoms with Crippen molar-refractivity contribution < 1.29 is 19.0 Å². The summed E-state index contributed by atoms with van der Waals surface area (Å²) in [4.78, 5) is 16.7. The molecule has 0 saturated carbocycles. The van der Waals surface area contributed by atoms with Crippen LogP contribution in [-0.2, 0) is 16.1 Å². The lowest BCUT2D eigenvalue weighted by atomic mass is 10.1. The van der Waals surface area contributed by atoms with Gasteiger partial charge < -0.3 is 14.2 Å². The molecule has 4 rings (SSSR count). The van der Waals surface area contributed by atoms with Gasteiger partial charge in [0.2, 0.25) is 5.90 Å². The summed E-state index contributed by atoms with van der Waals surface area (Å²) in [5.74, 6) is 0.622. The number of nitrogens with zero attached hydrogens (tertiary/aromatic N) is 1. The number of cyclic esters (lactones) is 1. The second kappa shape index (κ2) is 10.1. The van der Waals surface area contributed by atoms with Gasteiger partial charge in [-0.3, -0.25) is 0 Å². The van der Waals surface area contributed by atoms with Crippen LogP contribution < -0.4 is 9.47 Å². The minimum absolute atomic E-state index is 0.177. The molecule has 0 radical (unpaired) electrons. The molecule has 0 aromatic heterocycles. The lowest BCUT2D eigenvalue weighted by molar-refractivity contribution is -0.129. The Labute approximate surface area is 202 Å². The van der Waals surface area contributed by atoms with E-state index in [1.165, 1.54) is 0 Å². The number of carbonyl (C=O) groups excluding carboxylic acids is 1. The number of hydrogen-bond acceptors (Lipinski definition) is 5. The number of aliphatic imine (C=N–C) groups is 1. The van der Waals surface area contributed by atoms with Gasteiger partial charge in [0.1, 0.15) is 6.61 Å². The summed E-state index contributed by atoms with van der Waals surface area (Å²) in [6, 6.07) is 18.4. The second-order valence-electron chi connectivity index (χ2n) is 7.38. The Morgan fingerprint density at radius 2 is 1.82 bits per heavy atom. The molecule has 0 unspecified atom stereocenters. The van der Waals surface area contributed by atoms with Crippen LogP contribution in [-0.4, -0.2) is 18.5 Å². The molecule has 1 heterocycles. The average molecular weight is 482 g/mol. The maximum atomic E-state index is 12.4. The molecule has 0 saturated heterocycles. The van der Waals surface area contributed by atoms with Crippen LogP contribution >= 0.6 is 23.2 Å². The van der Waals surface area contributed by atoms with Crippen LogP contribution in [0, 0.1) is 6.92 Å². The fourth-order valence-corrected chi connectivity index (χ4v) is 3.73. The minimum atomic E-state index is -0.527. The number of aryl methyl sites for hydroxylation is 1. The van der Waals surface area contributed by atoms with Crippen LogP contribution in [0.2, 0.25) is 10.0 Å². The molecule has 0 spiro atoms. The minimum Gasteiger partial charge on any atom is -0.490 e. The molecule has 1 aliphatic heterocycles.